The molecule has 0 amide bonds. The van der Waals surface area contributed by atoms with E-state index in [1.165, 1.54) is 6.92 Å². The molecule has 0 aliphatic carbocycles. The first-order valence-electron chi connectivity index (χ1n) is 4.33. The van der Waals surface area contributed by atoms with Gasteiger partial charge in [-0.3, -0.25) is 4.79 Å². The van der Waals surface area contributed by atoms with Gasteiger partial charge in [-0.1, -0.05) is 30.3 Å². The van der Waals surface area contributed by atoms with Crippen molar-refractivity contribution in [1.29, 1.82) is 5.26 Å². The predicted octanol–water partition coefficient (Wildman–Crippen LogP) is 2.40. The summed E-state index contributed by atoms with van der Waals surface area (Å²) in [4.78, 5) is 11.2. The van der Waals surface area contributed by atoms with E-state index in [-0.39, 0.29) is 11.0 Å². The van der Waals surface area contributed by atoms with Gasteiger partial charge in [0.2, 0.25) is 0 Å². The molecule has 0 saturated heterocycles. The Bertz CT molecular complexity index is 342. The smallest absolute Gasteiger partial charge is 0.144 e. The van der Waals surface area contributed by atoms with Crippen LogP contribution in [0.25, 0.3) is 0 Å². The number of nitriles is 1. The lowest BCUT2D eigenvalue weighted by atomic mass is 10.1. The lowest BCUT2D eigenvalue weighted by Gasteiger charge is -2.08. The molecule has 0 fully saturated rings. The minimum atomic E-state index is -0.234. The summed E-state index contributed by atoms with van der Waals surface area (Å²) in [5.41, 5.74) is 1.09. The lowest BCUT2D eigenvalue weighted by Crippen LogP contribution is -2.15. The molecule has 0 bridgehead atoms. The summed E-state index contributed by atoms with van der Waals surface area (Å²) in [6, 6.07) is 9.73. The summed E-state index contributed by atoms with van der Waals surface area (Å²) in [6.07, 6.45) is 0.633. The molecule has 0 aromatic heterocycles. The molecule has 0 aliphatic heterocycles. The van der Waals surface area contributed by atoms with Crippen molar-refractivity contribution in [2.24, 2.45) is 0 Å². The van der Waals surface area contributed by atoms with Crippen LogP contribution in [0.5, 0.6) is 0 Å². The third kappa shape index (κ3) is 3.23. The van der Waals surface area contributed by atoms with Crippen molar-refractivity contribution in [2.75, 3.05) is 0 Å². The summed E-state index contributed by atoms with van der Waals surface area (Å²) in [5.74, 6) is 0.0559. The van der Waals surface area contributed by atoms with Gasteiger partial charge in [0, 0.05) is 0 Å². The third-order valence-corrected chi connectivity index (χ3v) is 2.80. The highest BCUT2D eigenvalue weighted by molar-refractivity contribution is 8.04. The number of thiocyanates is 1. The standard InChI is InChI=1S/C11H11NOS/c1-9(13)11(14-8-12)7-10-5-3-2-4-6-10/h2-6,11H,7H2,1H3. The Morgan fingerprint density at radius 2 is 2.14 bits per heavy atom. The van der Waals surface area contributed by atoms with Crippen LogP contribution in [0, 0.1) is 10.7 Å². The highest BCUT2D eigenvalue weighted by Gasteiger charge is 2.14. The Morgan fingerprint density at radius 3 is 2.64 bits per heavy atom. The van der Waals surface area contributed by atoms with Gasteiger partial charge in [0.15, 0.2) is 0 Å². The normalized spacial score (nSPS) is 11.7. The van der Waals surface area contributed by atoms with Crippen LogP contribution >= 0.6 is 11.8 Å². The van der Waals surface area contributed by atoms with Crippen molar-refractivity contribution in [3.63, 3.8) is 0 Å². The predicted molar refractivity (Wildman–Crippen MR) is 57.8 cm³/mol. The third-order valence-electron chi connectivity index (χ3n) is 1.91. The van der Waals surface area contributed by atoms with Crippen molar-refractivity contribution in [3.05, 3.63) is 35.9 Å². The largest absolute Gasteiger partial charge is 0.299 e. The zero-order valence-corrected chi connectivity index (χ0v) is 8.75. The molecule has 0 saturated carbocycles. The van der Waals surface area contributed by atoms with Gasteiger partial charge in [-0.05, 0) is 30.7 Å². The van der Waals surface area contributed by atoms with E-state index >= 15 is 0 Å². The quantitative estimate of drug-likeness (QED) is 0.709. The molecule has 0 spiro atoms. The molecule has 0 N–H and O–H groups in total. The number of hydrogen-bond acceptors (Lipinski definition) is 3. The molecule has 3 heteroatoms. The summed E-state index contributed by atoms with van der Waals surface area (Å²) in [6.45, 7) is 1.53. The number of carbonyl (C=O) groups is 1. The second-order valence-corrected chi connectivity index (χ2v) is 3.99. The number of rotatable bonds is 4. The lowest BCUT2D eigenvalue weighted by molar-refractivity contribution is -0.116. The van der Waals surface area contributed by atoms with Gasteiger partial charge < -0.3 is 0 Å². The molecule has 0 aliphatic rings. The molecular weight excluding hydrogens is 194 g/mol. The SMILES string of the molecule is CC(=O)C(Cc1ccccc1)SC#N. The van der Waals surface area contributed by atoms with E-state index in [1.54, 1.807) is 0 Å². The molecule has 14 heavy (non-hydrogen) atoms. The number of thioether (sulfide) groups is 1. The molecule has 0 radical (unpaired) electrons. The molecule has 72 valence electrons. The Morgan fingerprint density at radius 1 is 1.50 bits per heavy atom. The van der Waals surface area contributed by atoms with Gasteiger partial charge in [-0.15, -0.1) is 0 Å². The van der Waals surface area contributed by atoms with Crippen molar-refractivity contribution >= 4 is 17.5 Å². The van der Waals surface area contributed by atoms with E-state index in [1.807, 2.05) is 35.7 Å². The maximum absolute atomic E-state index is 11.2. The number of nitrogens with zero attached hydrogens (tertiary/aromatic N) is 1. The van der Waals surface area contributed by atoms with Crippen LogP contribution in [-0.2, 0) is 11.2 Å². The van der Waals surface area contributed by atoms with Crippen molar-refractivity contribution < 1.29 is 4.79 Å². The summed E-state index contributed by atoms with van der Waals surface area (Å²) >= 11 is 1.04. The minimum Gasteiger partial charge on any atom is -0.299 e. The van der Waals surface area contributed by atoms with Gasteiger partial charge in [-0.25, -0.2) is 0 Å². The van der Waals surface area contributed by atoms with Gasteiger partial charge in [-0.2, -0.15) is 5.26 Å². The first-order chi connectivity index (χ1) is 6.74. The zero-order valence-electron chi connectivity index (χ0n) is 7.93. The average Bonchev–Trinajstić information content (AvgIpc) is 2.18. The Hall–Kier alpha value is -1.27. The fourth-order valence-electron chi connectivity index (χ4n) is 1.16. The number of hydrogen-bond donors (Lipinski definition) is 0. The first kappa shape index (κ1) is 10.8. The highest BCUT2D eigenvalue weighted by atomic mass is 32.2. The fraction of sp³-hybridized carbons (Fsp3) is 0.273. The average molecular weight is 205 g/mol. The van der Waals surface area contributed by atoms with Crippen LogP contribution in [0.15, 0.2) is 30.3 Å². The number of Topliss-reactive ketones (excluding diaryl/α,β-unsaturated/α-hetero) is 1. The van der Waals surface area contributed by atoms with Gasteiger partial charge >= 0.3 is 0 Å². The summed E-state index contributed by atoms with van der Waals surface area (Å²) in [5, 5.41) is 10.3. The van der Waals surface area contributed by atoms with Crippen LogP contribution < -0.4 is 0 Å². The zero-order chi connectivity index (χ0) is 10.4. The van der Waals surface area contributed by atoms with E-state index in [9.17, 15) is 4.79 Å². The molecule has 1 aromatic carbocycles. The molecule has 2 nitrogen and oxygen atoms in total. The maximum atomic E-state index is 11.2. The minimum absolute atomic E-state index is 0.0559. The number of ketones is 1. The van der Waals surface area contributed by atoms with E-state index < -0.39 is 0 Å². The Labute approximate surface area is 87.9 Å². The van der Waals surface area contributed by atoms with Crippen LogP contribution in [0.2, 0.25) is 0 Å². The van der Waals surface area contributed by atoms with Crippen molar-refractivity contribution in [2.45, 2.75) is 18.6 Å². The number of benzene rings is 1. The molecule has 1 aromatic rings. The van der Waals surface area contributed by atoms with Crippen LogP contribution in [-0.4, -0.2) is 11.0 Å². The summed E-state index contributed by atoms with van der Waals surface area (Å²) in [7, 11) is 0. The maximum Gasteiger partial charge on any atom is 0.144 e. The van der Waals surface area contributed by atoms with E-state index in [0.29, 0.717) is 6.42 Å². The molecule has 0 heterocycles. The van der Waals surface area contributed by atoms with Gasteiger partial charge in [0.1, 0.15) is 11.2 Å². The monoisotopic (exact) mass is 205 g/mol. The van der Waals surface area contributed by atoms with Gasteiger partial charge in [0.05, 0.1) is 5.25 Å². The topological polar surface area (TPSA) is 40.9 Å². The van der Waals surface area contributed by atoms with Crippen LogP contribution in [0.1, 0.15) is 12.5 Å². The Kier molecular flexibility index (Phi) is 4.21. The second-order valence-electron chi connectivity index (χ2n) is 3.00. The fourth-order valence-corrected chi connectivity index (χ4v) is 1.73. The van der Waals surface area contributed by atoms with E-state index in [0.717, 1.165) is 17.3 Å². The van der Waals surface area contributed by atoms with Crippen molar-refractivity contribution in [3.8, 4) is 5.40 Å². The molecule has 1 atom stereocenters. The molecular formula is C11H11NOS. The molecule has 1 unspecified atom stereocenters. The molecule has 1 rings (SSSR count). The second kappa shape index (κ2) is 5.46. The van der Waals surface area contributed by atoms with Crippen LogP contribution in [0.3, 0.4) is 0 Å². The van der Waals surface area contributed by atoms with Crippen molar-refractivity contribution in [1.82, 2.24) is 0 Å². The summed E-state index contributed by atoms with van der Waals surface area (Å²) < 4.78 is 0. The van der Waals surface area contributed by atoms with E-state index in [2.05, 4.69) is 0 Å². The van der Waals surface area contributed by atoms with Gasteiger partial charge in [0.25, 0.3) is 0 Å². The number of carbonyl (C=O) groups excluding carboxylic acids is 1. The van der Waals surface area contributed by atoms with E-state index in [4.69, 9.17) is 5.26 Å². The van der Waals surface area contributed by atoms with Crippen LogP contribution in [0.4, 0.5) is 0 Å². The Balaban J connectivity index is 2.66. The highest BCUT2D eigenvalue weighted by Crippen LogP contribution is 2.16. The first-order valence-corrected chi connectivity index (χ1v) is 5.21.